The predicted octanol–water partition coefficient (Wildman–Crippen LogP) is -1.14. The van der Waals surface area contributed by atoms with Crippen molar-refractivity contribution in [1.82, 2.24) is 20.2 Å². The van der Waals surface area contributed by atoms with E-state index in [1.54, 1.807) is 11.8 Å². The Labute approximate surface area is 155 Å². The Balaban J connectivity index is 0.000000817. The van der Waals surface area contributed by atoms with Crippen LogP contribution in [-0.4, -0.2) is 70.6 Å². The first kappa shape index (κ1) is 20.6. The Morgan fingerprint density at radius 3 is 2.70 bits per heavy atom. The van der Waals surface area contributed by atoms with E-state index in [1.807, 2.05) is 6.92 Å². The summed E-state index contributed by atoms with van der Waals surface area (Å²) < 4.78 is 5.46. The highest BCUT2D eigenvalue weighted by Gasteiger charge is 2.35. The molecule has 27 heavy (non-hydrogen) atoms. The maximum atomic E-state index is 12.7. The van der Waals surface area contributed by atoms with Crippen molar-refractivity contribution in [2.75, 3.05) is 26.3 Å². The number of rotatable bonds is 3. The first-order chi connectivity index (χ1) is 12.9. The van der Waals surface area contributed by atoms with Crippen LogP contribution in [0.3, 0.4) is 0 Å². The van der Waals surface area contributed by atoms with Crippen LogP contribution < -0.4 is 10.9 Å². The van der Waals surface area contributed by atoms with Crippen LogP contribution in [0, 0.1) is 12.8 Å². The fourth-order valence-electron chi connectivity index (χ4n) is 3.14. The number of nitrogens with zero attached hydrogens (tertiary/aromatic N) is 2. The number of carboxylic acid groups (broad SMARTS) is 1. The number of fused-ring (bicyclic) bond motifs is 3. The maximum absolute atomic E-state index is 12.7. The van der Waals surface area contributed by atoms with Gasteiger partial charge in [-0.15, -0.1) is 0 Å². The van der Waals surface area contributed by atoms with Gasteiger partial charge in [0.05, 0.1) is 31.6 Å². The SMILES string of the molecule is CCc1nc(C)c(CC(=O)N2C[C@H]3COC[C@@H](C2)C(=O)N3)c(=O)[nH]1.O=CO. The molecule has 0 aliphatic carbocycles. The van der Waals surface area contributed by atoms with E-state index < -0.39 is 0 Å². The second-order valence-electron chi connectivity index (χ2n) is 6.45. The zero-order valence-corrected chi connectivity index (χ0v) is 15.4. The summed E-state index contributed by atoms with van der Waals surface area (Å²) in [7, 11) is 0. The number of carbonyl (C=O) groups is 3. The first-order valence-electron chi connectivity index (χ1n) is 8.72. The zero-order chi connectivity index (χ0) is 20.0. The van der Waals surface area contributed by atoms with Gasteiger partial charge in [0.25, 0.3) is 12.0 Å². The fourth-order valence-corrected chi connectivity index (χ4v) is 3.14. The molecule has 3 N–H and O–H groups in total. The second kappa shape index (κ2) is 9.26. The van der Waals surface area contributed by atoms with E-state index in [0.29, 0.717) is 49.8 Å². The molecule has 0 spiro atoms. The van der Waals surface area contributed by atoms with E-state index in [9.17, 15) is 14.4 Å². The van der Waals surface area contributed by atoms with Crippen molar-refractivity contribution in [3.8, 4) is 0 Å². The van der Waals surface area contributed by atoms with Gasteiger partial charge in [-0.1, -0.05) is 6.92 Å². The highest BCUT2D eigenvalue weighted by atomic mass is 16.5. The lowest BCUT2D eigenvalue weighted by Crippen LogP contribution is -2.45. The minimum Gasteiger partial charge on any atom is -0.483 e. The van der Waals surface area contributed by atoms with E-state index >= 15 is 0 Å². The summed E-state index contributed by atoms with van der Waals surface area (Å²) in [6.45, 7) is 4.84. The Kier molecular flexibility index (Phi) is 7.05. The Morgan fingerprint density at radius 1 is 1.37 bits per heavy atom. The molecule has 0 unspecified atom stereocenters. The molecule has 2 atom stereocenters. The van der Waals surface area contributed by atoms with E-state index in [2.05, 4.69) is 15.3 Å². The Hall–Kier alpha value is -2.75. The van der Waals surface area contributed by atoms with Crippen LogP contribution in [0.1, 0.15) is 24.0 Å². The van der Waals surface area contributed by atoms with E-state index in [-0.39, 0.29) is 42.2 Å². The van der Waals surface area contributed by atoms with Crippen LogP contribution in [0.5, 0.6) is 0 Å². The molecule has 1 aromatic rings. The van der Waals surface area contributed by atoms with Gasteiger partial charge in [-0.25, -0.2) is 4.98 Å². The zero-order valence-electron chi connectivity index (χ0n) is 15.4. The van der Waals surface area contributed by atoms with Crippen molar-refractivity contribution in [1.29, 1.82) is 0 Å². The van der Waals surface area contributed by atoms with Crippen molar-refractivity contribution >= 4 is 18.3 Å². The van der Waals surface area contributed by atoms with Gasteiger partial charge in [-0.3, -0.25) is 19.2 Å². The lowest BCUT2D eigenvalue weighted by molar-refractivity contribution is -0.133. The lowest BCUT2D eigenvalue weighted by atomic mass is 10.1. The maximum Gasteiger partial charge on any atom is 0.290 e. The van der Waals surface area contributed by atoms with Gasteiger partial charge in [-0.2, -0.15) is 0 Å². The molecular formula is C17H24N4O6. The van der Waals surface area contributed by atoms with Gasteiger partial charge in [-0.05, 0) is 6.92 Å². The third-order valence-electron chi connectivity index (χ3n) is 4.52. The summed E-state index contributed by atoms with van der Waals surface area (Å²) in [6, 6.07) is -0.200. The van der Waals surface area contributed by atoms with Gasteiger partial charge in [0.1, 0.15) is 5.82 Å². The minimum atomic E-state index is -0.360. The quantitative estimate of drug-likeness (QED) is 0.563. The van der Waals surface area contributed by atoms with E-state index in [4.69, 9.17) is 14.6 Å². The van der Waals surface area contributed by atoms with Crippen LogP contribution in [0.2, 0.25) is 0 Å². The van der Waals surface area contributed by atoms with Crippen LogP contribution in [-0.2, 0) is 32.0 Å². The molecule has 2 fully saturated rings. The normalized spacial score (nSPS) is 21.4. The van der Waals surface area contributed by atoms with Crippen molar-refractivity contribution in [3.63, 3.8) is 0 Å². The number of hydrogen-bond donors (Lipinski definition) is 3. The van der Waals surface area contributed by atoms with Gasteiger partial charge in [0.2, 0.25) is 11.8 Å². The summed E-state index contributed by atoms with van der Waals surface area (Å²) in [5.74, 6) is 0.0187. The Morgan fingerprint density at radius 2 is 2.07 bits per heavy atom. The van der Waals surface area contributed by atoms with E-state index in [1.165, 1.54) is 0 Å². The number of amides is 2. The third-order valence-corrected chi connectivity index (χ3v) is 4.52. The molecule has 10 heteroatoms. The smallest absolute Gasteiger partial charge is 0.290 e. The number of hydrogen-bond acceptors (Lipinski definition) is 6. The highest BCUT2D eigenvalue weighted by Crippen LogP contribution is 2.15. The topological polar surface area (TPSA) is 142 Å². The molecule has 0 saturated carbocycles. The van der Waals surface area contributed by atoms with Gasteiger partial charge in [0, 0.05) is 30.8 Å². The number of H-pyrrole nitrogens is 1. The number of nitrogens with one attached hydrogen (secondary N) is 2. The average Bonchev–Trinajstić information content (AvgIpc) is 2.87. The van der Waals surface area contributed by atoms with E-state index in [0.717, 1.165) is 0 Å². The average molecular weight is 380 g/mol. The monoisotopic (exact) mass is 380 g/mol. The fraction of sp³-hybridized carbons (Fsp3) is 0.588. The second-order valence-corrected chi connectivity index (χ2v) is 6.45. The molecule has 148 valence electrons. The van der Waals surface area contributed by atoms with Gasteiger partial charge >= 0.3 is 0 Å². The molecule has 3 heterocycles. The predicted molar refractivity (Wildman–Crippen MR) is 94.2 cm³/mol. The van der Waals surface area contributed by atoms with Crippen molar-refractivity contribution in [3.05, 3.63) is 27.4 Å². The molecule has 2 bridgehead atoms. The summed E-state index contributed by atoms with van der Waals surface area (Å²) in [6.07, 6.45) is 0.625. The highest BCUT2D eigenvalue weighted by molar-refractivity contribution is 5.83. The van der Waals surface area contributed by atoms with Crippen LogP contribution in [0.4, 0.5) is 0 Å². The molecule has 2 aliphatic heterocycles. The summed E-state index contributed by atoms with van der Waals surface area (Å²) in [5, 5.41) is 9.78. The number of aromatic amines is 1. The minimum absolute atomic E-state index is 0.00729. The Bertz CT molecular complexity index is 762. The standard InChI is InChI=1S/C16H22N4O4.CH2O2/c1-3-13-17-9(2)12(16(23)19-13)4-14(21)20-5-10-7-24-8-11(6-20)18-15(10)22;2-1-3/h10-11H,3-8H2,1-2H3,(H,18,22)(H,17,19,23);1H,(H,2,3)/t10-,11+;/m1./s1. The largest absolute Gasteiger partial charge is 0.483 e. The number of aryl methyl sites for hydroxylation is 2. The number of ether oxygens (including phenoxy) is 1. The van der Waals surface area contributed by atoms with Gasteiger partial charge < -0.3 is 25.0 Å². The number of carbonyl (C=O) groups excluding carboxylic acids is 2. The molecule has 0 radical (unpaired) electrons. The molecule has 2 aliphatic rings. The first-order valence-corrected chi connectivity index (χ1v) is 8.72. The van der Waals surface area contributed by atoms with Crippen LogP contribution >= 0.6 is 0 Å². The summed E-state index contributed by atoms with van der Waals surface area (Å²) >= 11 is 0. The molecule has 2 saturated heterocycles. The molecule has 0 aromatic carbocycles. The molecular weight excluding hydrogens is 356 g/mol. The molecule has 1 aromatic heterocycles. The van der Waals surface area contributed by atoms with Crippen LogP contribution in [0.25, 0.3) is 0 Å². The van der Waals surface area contributed by atoms with Crippen molar-refractivity contribution in [2.45, 2.75) is 32.7 Å². The summed E-state index contributed by atoms with van der Waals surface area (Å²) in [5.41, 5.74) is 0.707. The van der Waals surface area contributed by atoms with Crippen LogP contribution in [0.15, 0.2) is 4.79 Å². The molecule has 3 rings (SSSR count). The van der Waals surface area contributed by atoms with Crippen molar-refractivity contribution < 1.29 is 24.2 Å². The third kappa shape index (κ3) is 5.13. The lowest BCUT2D eigenvalue weighted by Gasteiger charge is -2.27. The van der Waals surface area contributed by atoms with Crippen molar-refractivity contribution in [2.24, 2.45) is 5.92 Å². The number of aromatic nitrogens is 2. The summed E-state index contributed by atoms with van der Waals surface area (Å²) in [4.78, 5) is 53.9. The molecule has 10 nitrogen and oxygen atoms in total. The van der Waals surface area contributed by atoms with Gasteiger partial charge in [0.15, 0.2) is 0 Å². The molecule has 2 amide bonds.